The SMILES string of the molecule is CC(C)(C)OC(=O)NCC1(O)COC1. The fraction of sp³-hybridized carbons (Fsp3) is 0.889. The van der Waals surface area contributed by atoms with Crippen LogP contribution in [0, 0.1) is 0 Å². The third-order valence-corrected chi connectivity index (χ3v) is 1.70. The number of hydrogen-bond acceptors (Lipinski definition) is 4. The Morgan fingerprint density at radius 2 is 2.14 bits per heavy atom. The second-order valence-electron chi connectivity index (χ2n) is 4.57. The van der Waals surface area contributed by atoms with Crippen molar-refractivity contribution in [2.45, 2.75) is 32.0 Å². The van der Waals surface area contributed by atoms with Gasteiger partial charge in [-0.3, -0.25) is 0 Å². The van der Waals surface area contributed by atoms with E-state index in [1.54, 1.807) is 20.8 Å². The normalized spacial score (nSPS) is 19.7. The van der Waals surface area contributed by atoms with Gasteiger partial charge in [0.15, 0.2) is 0 Å². The van der Waals surface area contributed by atoms with Crippen LogP contribution in [0.15, 0.2) is 0 Å². The van der Waals surface area contributed by atoms with Gasteiger partial charge >= 0.3 is 6.09 Å². The Labute approximate surface area is 83.4 Å². The first-order valence-electron chi connectivity index (χ1n) is 4.58. The van der Waals surface area contributed by atoms with Gasteiger partial charge in [0.05, 0.1) is 19.8 Å². The number of aliphatic hydroxyl groups is 1. The zero-order valence-electron chi connectivity index (χ0n) is 8.79. The van der Waals surface area contributed by atoms with E-state index in [4.69, 9.17) is 9.47 Å². The van der Waals surface area contributed by atoms with Crippen LogP contribution < -0.4 is 5.32 Å². The van der Waals surface area contributed by atoms with Crippen molar-refractivity contribution in [2.24, 2.45) is 0 Å². The predicted octanol–water partition coefficient (Wildman–Crippen LogP) is 0.272. The topological polar surface area (TPSA) is 67.8 Å². The summed E-state index contributed by atoms with van der Waals surface area (Å²) in [5, 5.41) is 12.1. The summed E-state index contributed by atoms with van der Waals surface area (Å²) in [5.74, 6) is 0. The Hall–Kier alpha value is -0.810. The van der Waals surface area contributed by atoms with Crippen molar-refractivity contribution < 1.29 is 19.4 Å². The van der Waals surface area contributed by atoms with E-state index in [9.17, 15) is 9.90 Å². The molecule has 1 fully saturated rings. The number of amides is 1. The van der Waals surface area contributed by atoms with Gasteiger partial charge in [0.25, 0.3) is 0 Å². The lowest BCUT2D eigenvalue weighted by molar-refractivity contribution is -0.174. The number of carbonyl (C=O) groups excluding carboxylic acids is 1. The van der Waals surface area contributed by atoms with E-state index in [1.165, 1.54) is 0 Å². The van der Waals surface area contributed by atoms with Gasteiger partial charge in [-0.15, -0.1) is 0 Å². The molecule has 5 heteroatoms. The summed E-state index contributed by atoms with van der Waals surface area (Å²) in [6, 6.07) is 0. The van der Waals surface area contributed by atoms with E-state index in [2.05, 4.69) is 5.32 Å². The Bertz CT molecular complexity index is 217. The molecule has 0 bridgehead atoms. The largest absolute Gasteiger partial charge is 0.444 e. The molecular weight excluding hydrogens is 186 g/mol. The van der Waals surface area contributed by atoms with Gasteiger partial charge in [0, 0.05) is 0 Å². The lowest BCUT2D eigenvalue weighted by Crippen LogP contribution is -2.57. The molecule has 0 atom stereocenters. The highest BCUT2D eigenvalue weighted by Gasteiger charge is 2.36. The maximum absolute atomic E-state index is 11.2. The number of nitrogens with one attached hydrogen (secondary N) is 1. The lowest BCUT2D eigenvalue weighted by atomic mass is 10.0. The molecule has 1 rings (SSSR count). The van der Waals surface area contributed by atoms with Crippen LogP contribution in [-0.2, 0) is 9.47 Å². The van der Waals surface area contributed by atoms with Crippen molar-refractivity contribution in [3.63, 3.8) is 0 Å². The molecule has 0 aromatic rings. The van der Waals surface area contributed by atoms with Crippen molar-refractivity contribution in [1.82, 2.24) is 5.32 Å². The quantitative estimate of drug-likeness (QED) is 0.676. The third-order valence-electron chi connectivity index (χ3n) is 1.70. The zero-order chi connectivity index (χ0) is 10.8. The summed E-state index contributed by atoms with van der Waals surface area (Å²) in [6.45, 7) is 6.06. The lowest BCUT2D eigenvalue weighted by Gasteiger charge is -2.36. The molecule has 0 unspecified atom stereocenters. The van der Waals surface area contributed by atoms with Crippen molar-refractivity contribution in [3.05, 3.63) is 0 Å². The van der Waals surface area contributed by atoms with Crippen molar-refractivity contribution in [1.29, 1.82) is 0 Å². The summed E-state index contributed by atoms with van der Waals surface area (Å²) in [4.78, 5) is 11.2. The molecule has 5 nitrogen and oxygen atoms in total. The van der Waals surface area contributed by atoms with E-state index in [-0.39, 0.29) is 19.8 Å². The molecule has 2 N–H and O–H groups in total. The van der Waals surface area contributed by atoms with Gasteiger partial charge in [-0.1, -0.05) is 0 Å². The molecule has 0 aliphatic carbocycles. The van der Waals surface area contributed by atoms with E-state index >= 15 is 0 Å². The molecule has 82 valence electrons. The summed E-state index contributed by atoms with van der Waals surface area (Å²) >= 11 is 0. The molecule has 0 saturated carbocycles. The minimum atomic E-state index is -0.906. The first-order valence-corrected chi connectivity index (χ1v) is 4.58. The molecule has 1 amide bonds. The monoisotopic (exact) mass is 203 g/mol. The highest BCUT2D eigenvalue weighted by molar-refractivity contribution is 5.67. The van der Waals surface area contributed by atoms with Crippen LogP contribution in [0.3, 0.4) is 0 Å². The summed E-state index contributed by atoms with van der Waals surface area (Å²) in [5.41, 5.74) is -1.42. The van der Waals surface area contributed by atoms with Gasteiger partial charge in [-0.05, 0) is 20.8 Å². The highest BCUT2D eigenvalue weighted by Crippen LogP contribution is 2.15. The maximum Gasteiger partial charge on any atom is 0.407 e. The Kier molecular flexibility index (Phi) is 3.01. The van der Waals surface area contributed by atoms with Crippen LogP contribution in [0.25, 0.3) is 0 Å². The van der Waals surface area contributed by atoms with E-state index in [0.717, 1.165) is 0 Å². The van der Waals surface area contributed by atoms with Gasteiger partial charge in [-0.2, -0.15) is 0 Å². The van der Waals surface area contributed by atoms with Crippen LogP contribution in [0.4, 0.5) is 4.79 Å². The van der Waals surface area contributed by atoms with Crippen molar-refractivity contribution in [2.75, 3.05) is 19.8 Å². The zero-order valence-corrected chi connectivity index (χ0v) is 8.79. The van der Waals surface area contributed by atoms with Gasteiger partial charge in [-0.25, -0.2) is 4.79 Å². The molecule has 1 saturated heterocycles. The maximum atomic E-state index is 11.2. The summed E-state index contributed by atoms with van der Waals surface area (Å²) < 4.78 is 9.83. The highest BCUT2D eigenvalue weighted by atomic mass is 16.6. The van der Waals surface area contributed by atoms with Crippen LogP contribution in [0.1, 0.15) is 20.8 Å². The average molecular weight is 203 g/mol. The first kappa shape index (κ1) is 11.3. The number of hydrogen-bond donors (Lipinski definition) is 2. The van der Waals surface area contributed by atoms with Gasteiger partial charge in [0.1, 0.15) is 11.2 Å². The van der Waals surface area contributed by atoms with Crippen LogP contribution in [-0.4, -0.2) is 42.2 Å². The predicted molar refractivity (Wildman–Crippen MR) is 50.0 cm³/mol. The summed E-state index contributed by atoms with van der Waals surface area (Å²) in [6.07, 6.45) is -0.516. The minimum absolute atomic E-state index is 0.169. The van der Waals surface area contributed by atoms with Gasteiger partial charge in [0.2, 0.25) is 0 Å². The minimum Gasteiger partial charge on any atom is -0.444 e. The van der Waals surface area contributed by atoms with Crippen molar-refractivity contribution in [3.8, 4) is 0 Å². The molecule has 0 spiro atoms. The Morgan fingerprint density at radius 1 is 1.57 bits per heavy atom. The fourth-order valence-corrected chi connectivity index (χ4v) is 0.991. The van der Waals surface area contributed by atoms with Crippen LogP contribution in [0.5, 0.6) is 0 Å². The summed E-state index contributed by atoms with van der Waals surface area (Å²) in [7, 11) is 0. The van der Waals surface area contributed by atoms with Crippen molar-refractivity contribution >= 4 is 6.09 Å². The Morgan fingerprint density at radius 3 is 2.50 bits per heavy atom. The number of ether oxygens (including phenoxy) is 2. The number of rotatable bonds is 2. The third kappa shape index (κ3) is 3.51. The van der Waals surface area contributed by atoms with E-state index in [1.807, 2.05) is 0 Å². The second kappa shape index (κ2) is 3.74. The molecular formula is C9H17NO4. The van der Waals surface area contributed by atoms with E-state index in [0.29, 0.717) is 0 Å². The molecule has 1 aliphatic rings. The average Bonchev–Trinajstić information content (AvgIpc) is 1.94. The molecule has 14 heavy (non-hydrogen) atoms. The standard InChI is InChI=1S/C9H17NO4/c1-8(2,3)14-7(11)10-4-9(12)5-13-6-9/h12H,4-6H2,1-3H3,(H,10,11). The van der Waals surface area contributed by atoms with Crippen LogP contribution >= 0.6 is 0 Å². The molecule has 1 aliphatic heterocycles. The van der Waals surface area contributed by atoms with Crippen LogP contribution in [0.2, 0.25) is 0 Å². The fourth-order valence-electron chi connectivity index (χ4n) is 0.991. The molecule has 0 aromatic heterocycles. The smallest absolute Gasteiger partial charge is 0.407 e. The van der Waals surface area contributed by atoms with E-state index < -0.39 is 17.3 Å². The van der Waals surface area contributed by atoms with Gasteiger partial charge < -0.3 is 19.9 Å². The molecule has 0 radical (unpaired) electrons. The number of carbonyl (C=O) groups is 1. The molecule has 0 aromatic carbocycles. The second-order valence-corrected chi connectivity index (χ2v) is 4.57. The molecule has 1 heterocycles. The Balaban J connectivity index is 2.21. The number of alkyl carbamates (subject to hydrolysis) is 1. The first-order chi connectivity index (χ1) is 6.31.